The molecule has 0 spiro atoms. The number of allylic oxidation sites excluding steroid dienone is 1. The predicted molar refractivity (Wildman–Crippen MR) is 142 cm³/mol. The van der Waals surface area contributed by atoms with Gasteiger partial charge in [0.05, 0.1) is 42.2 Å². The molecule has 1 atom stereocenters. The number of hydrogen-bond donors (Lipinski definition) is 0. The highest BCUT2D eigenvalue weighted by Gasteiger charge is 2.34. The molecular formula is C28H27N3O6S. The molecule has 3 aromatic rings. The number of carbonyl (C=O) groups is 1. The normalized spacial score (nSPS) is 14.8. The summed E-state index contributed by atoms with van der Waals surface area (Å²) in [5.41, 5.74) is 1.71. The van der Waals surface area contributed by atoms with Crippen molar-refractivity contribution in [3.8, 4) is 23.3 Å². The van der Waals surface area contributed by atoms with Gasteiger partial charge in [-0.2, -0.15) is 5.26 Å². The number of aromatic nitrogens is 1. The summed E-state index contributed by atoms with van der Waals surface area (Å²) in [4.78, 5) is 32.0. The van der Waals surface area contributed by atoms with E-state index >= 15 is 0 Å². The number of rotatable bonds is 9. The number of para-hydroxylation sites is 1. The third kappa shape index (κ3) is 5.19. The van der Waals surface area contributed by atoms with Gasteiger partial charge in [0.2, 0.25) is 0 Å². The number of benzene rings is 2. The summed E-state index contributed by atoms with van der Waals surface area (Å²) >= 11 is 1.21. The highest BCUT2D eigenvalue weighted by Crippen LogP contribution is 2.36. The lowest BCUT2D eigenvalue weighted by Gasteiger charge is -2.25. The summed E-state index contributed by atoms with van der Waals surface area (Å²) in [6, 6.07) is 13.6. The maximum Gasteiger partial charge on any atom is 0.338 e. The van der Waals surface area contributed by atoms with E-state index in [1.807, 2.05) is 19.1 Å². The topological polar surface area (TPSA) is 112 Å². The van der Waals surface area contributed by atoms with E-state index in [9.17, 15) is 9.59 Å². The summed E-state index contributed by atoms with van der Waals surface area (Å²) in [6.07, 6.45) is 1.70. The van der Waals surface area contributed by atoms with Crippen molar-refractivity contribution in [2.45, 2.75) is 26.8 Å². The minimum absolute atomic E-state index is 0.117. The number of carbonyl (C=O) groups excluding carboxylic acids is 1. The van der Waals surface area contributed by atoms with E-state index in [4.69, 9.17) is 24.2 Å². The molecule has 0 unspecified atom stereocenters. The zero-order chi connectivity index (χ0) is 27.2. The molecular weight excluding hydrogens is 506 g/mol. The van der Waals surface area contributed by atoms with E-state index in [0.29, 0.717) is 50.0 Å². The molecule has 0 fully saturated rings. The number of hydrogen-bond acceptors (Lipinski definition) is 9. The molecule has 4 rings (SSSR count). The monoisotopic (exact) mass is 533 g/mol. The average molecular weight is 534 g/mol. The minimum atomic E-state index is -0.789. The number of fused-ring (bicyclic) bond motifs is 1. The Morgan fingerprint density at radius 1 is 1.13 bits per heavy atom. The second kappa shape index (κ2) is 11.8. The van der Waals surface area contributed by atoms with E-state index in [0.717, 1.165) is 0 Å². The maximum atomic E-state index is 13.9. The van der Waals surface area contributed by atoms with Gasteiger partial charge in [-0.25, -0.2) is 9.79 Å². The number of nitriles is 1. The van der Waals surface area contributed by atoms with Crippen LogP contribution in [0.5, 0.6) is 17.2 Å². The van der Waals surface area contributed by atoms with Gasteiger partial charge in [0.1, 0.15) is 11.8 Å². The van der Waals surface area contributed by atoms with Crippen LogP contribution in [0.25, 0.3) is 6.08 Å². The zero-order valence-electron chi connectivity index (χ0n) is 21.5. The molecule has 9 nitrogen and oxygen atoms in total. The number of ether oxygens (including phenoxy) is 4. The van der Waals surface area contributed by atoms with Crippen LogP contribution in [-0.4, -0.2) is 37.5 Å². The van der Waals surface area contributed by atoms with Gasteiger partial charge in [0.25, 0.3) is 5.56 Å². The van der Waals surface area contributed by atoms with Crippen LogP contribution in [0.1, 0.15) is 37.9 Å². The van der Waals surface area contributed by atoms with Crippen molar-refractivity contribution in [3.63, 3.8) is 0 Å². The fourth-order valence-corrected chi connectivity index (χ4v) is 5.26. The maximum absolute atomic E-state index is 13.9. The highest BCUT2D eigenvalue weighted by atomic mass is 32.1. The van der Waals surface area contributed by atoms with Crippen molar-refractivity contribution >= 4 is 23.4 Å². The summed E-state index contributed by atoms with van der Waals surface area (Å²) in [5, 5.41) is 8.91. The third-order valence-electron chi connectivity index (χ3n) is 5.82. The van der Waals surface area contributed by atoms with Crippen LogP contribution in [0.4, 0.5) is 0 Å². The van der Waals surface area contributed by atoms with Gasteiger partial charge in [-0.05, 0) is 50.6 Å². The first-order valence-electron chi connectivity index (χ1n) is 12.0. The van der Waals surface area contributed by atoms with Crippen LogP contribution < -0.4 is 29.1 Å². The molecule has 10 heteroatoms. The summed E-state index contributed by atoms with van der Waals surface area (Å²) in [6.45, 7) is 5.79. The molecule has 0 amide bonds. The lowest BCUT2D eigenvalue weighted by atomic mass is 9.95. The smallest absolute Gasteiger partial charge is 0.338 e. The van der Waals surface area contributed by atoms with Crippen molar-refractivity contribution in [2.24, 2.45) is 4.99 Å². The highest BCUT2D eigenvalue weighted by molar-refractivity contribution is 7.07. The van der Waals surface area contributed by atoms with Gasteiger partial charge >= 0.3 is 5.97 Å². The Balaban J connectivity index is 1.95. The standard InChI is InChI=1S/C28H27N3O6S/c1-5-35-22-15-19(11-12-21(22)34-4)25-24(27(33)36-6-2)17(3)30-28-31(25)26(32)23(38-28)16-18-9-7-8-10-20(18)37-14-13-29/h7-12,15-16,25H,5-6,14H2,1-4H3/b23-16-/t25-/m0/s1. The van der Waals surface area contributed by atoms with Crippen molar-refractivity contribution in [2.75, 3.05) is 26.9 Å². The Kier molecular flexibility index (Phi) is 8.28. The van der Waals surface area contributed by atoms with Crippen molar-refractivity contribution in [1.29, 1.82) is 5.26 Å². The molecule has 1 aliphatic heterocycles. The Morgan fingerprint density at radius 3 is 2.63 bits per heavy atom. The van der Waals surface area contributed by atoms with E-state index in [1.54, 1.807) is 63.4 Å². The first-order valence-corrected chi connectivity index (χ1v) is 12.8. The lowest BCUT2D eigenvalue weighted by molar-refractivity contribution is -0.139. The molecule has 0 saturated carbocycles. The van der Waals surface area contributed by atoms with Gasteiger partial charge in [-0.3, -0.25) is 9.36 Å². The van der Waals surface area contributed by atoms with Gasteiger partial charge in [-0.1, -0.05) is 35.6 Å². The molecule has 2 heterocycles. The SMILES string of the molecule is CCOC(=O)C1=C(C)N=c2s/c(=C\c3ccccc3OCC#N)c(=O)n2[C@H]1c1ccc(OC)c(OCC)c1. The van der Waals surface area contributed by atoms with Gasteiger partial charge in [0, 0.05) is 5.56 Å². The van der Waals surface area contributed by atoms with Gasteiger partial charge < -0.3 is 18.9 Å². The van der Waals surface area contributed by atoms with Crippen molar-refractivity contribution in [1.82, 2.24) is 4.57 Å². The van der Waals surface area contributed by atoms with Crippen LogP contribution in [-0.2, 0) is 9.53 Å². The summed E-state index contributed by atoms with van der Waals surface area (Å²) in [7, 11) is 1.55. The van der Waals surface area contributed by atoms with Gasteiger partial charge in [-0.15, -0.1) is 0 Å². The lowest BCUT2D eigenvalue weighted by Crippen LogP contribution is -2.40. The zero-order valence-corrected chi connectivity index (χ0v) is 22.3. The number of nitrogens with zero attached hydrogens (tertiary/aromatic N) is 3. The fourth-order valence-electron chi connectivity index (χ4n) is 4.22. The Bertz CT molecular complexity index is 1610. The van der Waals surface area contributed by atoms with E-state index in [2.05, 4.69) is 4.99 Å². The van der Waals surface area contributed by atoms with Crippen LogP contribution in [0, 0.1) is 11.3 Å². The summed E-state index contributed by atoms with van der Waals surface area (Å²) < 4.78 is 24.0. The van der Waals surface area contributed by atoms with Crippen LogP contribution in [0.15, 0.2) is 63.5 Å². The molecule has 196 valence electrons. The predicted octanol–water partition coefficient (Wildman–Crippen LogP) is 3.11. The van der Waals surface area contributed by atoms with E-state index in [1.165, 1.54) is 15.9 Å². The Labute approximate surface area is 223 Å². The second-order valence-electron chi connectivity index (χ2n) is 8.13. The summed E-state index contributed by atoms with van der Waals surface area (Å²) in [5.74, 6) is 0.972. The number of esters is 1. The molecule has 1 aliphatic rings. The van der Waals surface area contributed by atoms with Crippen molar-refractivity contribution < 1.29 is 23.7 Å². The Hall–Kier alpha value is -4.36. The molecule has 0 bridgehead atoms. The van der Waals surface area contributed by atoms with Crippen LogP contribution in [0.3, 0.4) is 0 Å². The first-order chi connectivity index (χ1) is 18.4. The minimum Gasteiger partial charge on any atom is -0.493 e. The number of methoxy groups -OCH3 is 1. The molecule has 2 aromatic carbocycles. The largest absolute Gasteiger partial charge is 0.493 e. The molecule has 0 saturated heterocycles. The Morgan fingerprint density at radius 2 is 1.92 bits per heavy atom. The molecule has 1 aromatic heterocycles. The van der Waals surface area contributed by atoms with Crippen LogP contribution >= 0.6 is 11.3 Å². The second-order valence-corrected chi connectivity index (χ2v) is 9.14. The van der Waals surface area contributed by atoms with Gasteiger partial charge in [0.15, 0.2) is 22.9 Å². The molecule has 0 N–H and O–H groups in total. The van der Waals surface area contributed by atoms with Crippen LogP contribution in [0.2, 0.25) is 0 Å². The average Bonchev–Trinajstić information content (AvgIpc) is 3.21. The number of thiazole rings is 1. The fraction of sp³-hybridized carbons (Fsp3) is 0.286. The molecule has 0 aliphatic carbocycles. The van der Waals surface area contributed by atoms with E-state index < -0.39 is 12.0 Å². The molecule has 38 heavy (non-hydrogen) atoms. The molecule has 0 radical (unpaired) electrons. The van der Waals surface area contributed by atoms with Crippen molar-refractivity contribution in [3.05, 3.63) is 84.5 Å². The van der Waals surface area contributed by atoms with E-state index in [-0.39, 0.29) is 24.3 Å². The first kappa shape index (κ1) is 26.7. The quantitative estimate of drug-likeness (QED) is 0.389. The third-order valence-corrected chi connectivity index (χ3v) is 6.80.